The van der Waals surface area contributed by atoms with Crippen LogP contribution in [0.4, 0.5) is 0 Å². The molecule has 0 heterocycles. The Morgan fingerprint density at radius 2 is 0.368 bits per heavy atom. The van der Waals surface area contributed by atoms with Gasteiger partial charge in [0.2, 0.25) is 13.8 Å². The Labute approximate surface area is 352 Å². The molecular weight excluding hydrogens is 812 g/mol. The molecule has 0 aliphatic rings. The summed E-state index contributed by atoms with van der Waals surface area (Å²) in [6.07, 6.45) is 0. The van der Waals surface area contributed by atoms with Crippen molar-refractivity contribution in [1.29, 1.82) is 0 Å². The highest BCUT2D eigenvalue weighted by Gasteiger charge is 2.78. The normalized spacial score (nSPS) is 12.6. The summed E-state index contributed by atoms with van der Waals surface area (Å²) in [6, 6.07) is 90.8. The van der Waals surface area contributed by atoms with Crippen molar-refractivity contribution in [1.82, 2.24) is 0 Å². The fourth-order valence-electron chi connectivity index (χ4n) is 10.3. The van der Waals surface area contributed by atoms with Gasteiger partial charge in [-0.15, -0.1) is 0 Å². The fourth-order valence-corrected chi connectivity index (χ4v) is 134. The highest BCUT2D eigenvalue weighted by Crippen LogP contribution is 2.42. The summed E-state index contributed by atoms with van der Waals surface area (Å²) in [5, 5.41) is 10.6. The molecule has 0 spiro atoms. The Hall–Kier alpha value is -4.58. The van der Waals surface area contributed by atoms with Crippen LogP contribution >= 0.6 is 22.2 Å². The average molecular weight is 858 g/mol. The van der Waals surface area contributed by atoms with E-state index in [0.717, 1.165) is 0 Å². The lowest BCUT2D eigenvalue weighted by Crippen LogP contribution is -3.04. The van der Waals surface area contributed by atoms with Gasteiger partial charge in [0, 0.05) is 0 Å². The summed E-state index contributed by atoms with van der Waals surface area (Å²) in [5.41, 5.74) is 0. The fraction of sp³-hybridized carbons (Fsp3) is 0.0400. The van der Waals surface area contributed by atoms with Gasteiger partial charge in [-0.2, -0.15) is 22.2 Å². The smallest absolute Gasteiger partial charge is 0.158 e. The Balaban J connectivity index is 1.71. The Kier molecular flexibility index (Phi) is 11.3. The van der Waals surface area contributed by atoms with E-state index < -0.39 is 35.1 Å². The van der Waals surface area contributed by atoms with Crippen molar-refractivity contribution in [2.45, 2.75) is 13.1 Å². The minimum Gasteiger partial charge on any atom is -0.158 e. The molecule has 0 fully saturated rings. The van der Waals surface area contributed by atoms with E-state index in [1.165, 1.54) is 41.5 Å². The third-order valence-corrected chi connectivity index (χ3v) is 95.2. The van der Waals surface area contributed by atoms with Crippen LogP contribution in [0.25, 0.3) is 0 Å². The predicted molar refractivity (Wildman–Crippen MR) is 261 cm³/mol. The zero-order chi connectivity index (χ0) is 39.4. The van der Waals surface area contributed by atoms with Gasteiger partial charge in [0.15, 0.2) is 0 Å². The highest BCUT2D eigenvalue weighted by molar-refractivity contribution is 8.08. The average Bonchev–Trinajstić information content (AvgIpc) is 3.29. The number of rotatable bonds is 12. The lowest BCUT2D eigenvalue weighted by atomic mass is 10.4. The maximum Gasteiger partial charge on any atom is 0.213 e. The van der Waals surface area contributed by atoms with Crippen LogP contribution in [0.2, 0.25) is 13.1 Å². The quantitative estimate of drug-likeness (QED) is 0.0882. The molecule has 0 nitrogen and oxygen atoms in total. The molecule has 0 saturated heterocycles. The number of hydrogen-bond acceptors (Lipinski definition) is 0. The van der Waals surface area contributed by atoms with E-state index in [2.05, 4.69) is 256 Å². The molecular formula is C50H46Cl2Si5. The van der Waals surface area contributed by atoms with E-state index >= 15 is 0 Å². The summed E-state index contributed by atoms with van der Waals surface area (Å²) in [5.74, 6) is 0. The van der Waals surface area contributed by atoms with Crippen LogP contribution < -0.4 is 41.5 Å². The van der Waals surface area contributed by atoms with E-state index in [1.54, 1.807) is 0 Å². The van der Waals surface area contributed by atoms with Crippen LogP contribution in [0.1, 0.15) is 0 Å². The summed E-state index contributed by atoms with van der Waals surface area (Å²) >= 11 is 18.6. The van der Waals surface area contributed by atoms with Gasteiger partial charge < -0.3 is 0 Å². The maximum atomic E-state index is 9.32. The molecule has 57 heavy (non-hydrogen) atoms. The van der Waals surface area contributed by atoms with Crippen molar-refractivity contribution < 1.29 is 0 Å². The van der Waals surface area contributed by atoms with E-state index in [-0.39, 0.29) is 0 Å². The summed E-state index contributed by atoms with van der Waals surface area (Å²) < 4.78 is 0. The molecule has 0 aliphatic heterocycles. The number of halogens is 2. The van der Waals surface area contributed by atoms with Crippen LogP contribution in [0.5, 0.6) is 0 Å². The predicted octanol–water partition coefficient (Wildman–Crippen LogP) is 7.53. The monoisotopic (exact) mass is 856 g/mol. The molecule has 0 unspecified atom stereocenters. The molecule has 8 aromatic rings. The molecule has 0 aromatic heterocycles. The van der Waals surface area contributed by atoms with Gasteiger partial charge in [-0.1, -0.05) is 276 Å². The van der Waals surface area contributed by atoms with Crippen LogP contribution in [0, 0.1) is 0 Å². The van der Waals surface area contributed by atoms with Crippen LogP contribution in [0.3, 0.4) is 0 Å². The Morgan fingerprint density at radius 1 is 0.228 bits per heavy atom. The second-order valence-electron chi connectivity index (χ2n) is 15.4. The largest absolute Gasteiger partial charge is 0.213 e. The van der Waals surface area contributed by atoms with Crippen molar-refractivity contribution in [2.75, 3.05) is 0 Å². The second kappa shape index (κ2) is 16.4. The van der Waals surface area contributed by atoms with E-state index in [9.17, 15) is 22.2 Å². The molecule has 280 valence electrons. The molecule has 7 heteroatoms. The zero-order valence-electron chi connectivity index (χ0n) is 32.3. The van der Waals surface area contributed by atoms with Gasteiger partial charge in [0.05, 0.1) is 7.11 Å². The van der Waals surface area contributed by atoms with E-state index in [0.29, 0.717) is 0 Å². The SMILES string of the molecule is C[Si](C)([Si](c1ccccc1)(c1ccccc1)[Si](Cl)(c1ccccc1)c1ccccc1)[Si](c1ccccc1)(c1ccccc1)[Si](Cl)(c1ccccc1)c1ccccc1. The highest BCUT2D eigenvalue weighted by atomic mass is 35.6. The first kappa shape index (κ1) is 39.3. The minimum absolute atomic E-state index is 1.25. The van der Waals surface area contributed by atoms with Crippen LogP contribution in [-0.2, 0) is 0 Å². The third-order valence-electron chi connectivity index (χ3n) is 12.4. The Morgan fingerprint density at radius 3 is 0.526 bits per heavy atom. The van der Waals surface area contributed by atoms with Gasteiger partial charge in [0.1, 0.15) is 14.2 Å². The summed E-state index contributed by atoms with van der Waals surface area (Å²) in [7, 11) is -9.75. The molecule has 8 aromatic carbocycles. The van der Waals surface area contributed by atoms with E-state index in [4.69, 9.17) is 0 Å². The van der Waals surface area contributed by atoms with E-state index in [1.807, 2.05) is 0 Å². The molecule has 0 atom stereocenters. The maximum absolute atomic E-state index is 9.32. The van der Waals surface area contributed by atoms with Crippen molar-refractivity contribution >= 4 is 98.8 Å². The van der Waals surface area contributed by atoms with Gasteiger partial charge in [0.25, 0.3) is 0 Å². The Bertz CT molecular complexity index is 2160. The van der Waals surface area contributed by atoms with Crippen molar-refractivity contribution in [3.05, 3.63) is 243 Å². The number of hydrogen-bond donors (Lipinski definition) is 0. The molecule has 0 N–H and O–H groups in total. The molecule has 0 bridgehead atoms. The van der Waals surface area contributed by atoms with Crippen molar-refractivity contribution in [3.8, 4) is 0 Å². The third kappa shape index (κ3) is 6.11. The lowest BCUT2D eigenvalue weighted by Gasteiger charge is -2.63. The van der Waals surface area contributed by atoms with Gasteiger partial charge in [-0.05, 0) is 20.7 Å². The lowest BCUT2D eigenvalue weighted by molar-refractivity contribution is 1.69. The zero-order valence-corrected chi connectivity index (χ0v) is 38.9. The number of benzene rings is 8. The molecule has 0 radical (unpaired) electrons. The standard InChI is InChI=1S/C50H46Cl2Si5/c1-53(2,56(47-35-19-7-20-36-47,48-37-21-8-22-38-48)54(51,43-27-11-3-12-28-43)44-29-13-4-14-30-44)57(49-39-23-9-24-40-49,50-41-25-10-26-42-50)55(52,45-31-15-5-16-32-45)46-33-17-6-18-34-46/h3-42H,1-2H3. The van der Waals surface area contributed by atoms with Crippen LogP contribution in [0.15, 0.2) is 243 Å². The van der Waals surface area contributed by atoms with Gasteiger partial charge in [-0.3, -0.25) is 0 Å². The topological polar surface area (TPSA) is 0 Å². The van der Waals surface area contributed by atoms with Gasteiger partial charge in [-0.25, -0.2) is 0 Å². The van der Waals surface area contributed by atoms with Crippen LogP contribution in [-0.4, -0.2) is 35.1 Å². The molecule has 0 aliphatic carbocycles. The van der Waals surface area contributed by atoms with Gasteiger partial charge >= 0.3 is 0 Å². The molecule has 0 amide bonds. The molecule has 0 saturated carbocycles. The first-order valence-electron chi connectivity index (χ1n) is 19.7. The summed E-state index contributed by atoms with van der Waals surface area (Å²) in [4.78, 5) is 0. The minimum atomic E-state index is -3.38. The van der Waals surface area contributed by atoms with Crippen molar-refractivity contribution in [3.63, 3.8) is 0 Å². The first-order valence-corrected chi connectivity index (χ1v) is 36.7. The first-order chi connectivity index (χ1) is 27.8. The van der Waals surface area contributed by atoms with Crippen molar-refractivity contribution in [2.24, 2.45) is 0 Å². The molecule has 8 rings (SSSR count). The summed E-state index contributed by atoms with van der Waals surface area (Å²) in [6.45, 7) is -1.27. The second-order valence-corrected chi connectivity index (χ2v) is 59.7.